The lowest BCUT2D eigenvalue weighted by Gasteiger charge is -2.51. The molecule has 0 spiro atoms. The maximum absolute atomic E-state index is 11.6. The molecule has 3 nitrogen and oxygen atoms in total. The Morgan fingerprint density at radius 1 is 0.842 bits per heavy atom. The molecule has 3 rings (SSSR count). The van der Waals surface area contributed by atoms with E-state index in [2.05, 4.69) is 4.90 Å². The van der Waals surface area contributed by atoms with Gasteiger partial charge in [0.15, 0.2) is 0 Å². The molecule has 3 fully saturated rings. The van der Waals surface area contributed by atoms with Crippen LogP contribution < -0.4 is 0 Å². The lowest BCUT2D eigenvalue weighted by Crippen LogP contribution is -2.59. The zero-order valence-corrected chi connectivity index (χ0v) is 11.9. The van der Waals surface area contributed by atoms with E-state index in [-0.39, 0.29) is 6.04 Å². The predicted molar refractivity (Wildman–Crippen MR) is 75.1 cm³/mol. The van der Waals surface area contributed by atoms with Crippen LogP contribution in [0.3, 0.4) is 0 Å². The van der Waals surface area contributed by atoms with Crippen molar-refractivity contribution in [2.75, 3.05) is 0 Å². The summed E-state index contributed by atoms with van der Waals surface area (Å²) in [5.74, 6) is 0.209. The van der Waals surface area contributed by atoms with Crippen LogP contribution >= 0.6 is 0 Å². The molecule has 0 amide bonds. The summed E-state index contributed by atoms with van der Waals surface area (Å²) < 4.78 is 0. The van der Waals surface area contributed by atoms with Crippen LogP contribution in [-0.2, 0) is 4.79 Å². The molecule has 2 aliphatic carbocycles. The van der Waals surface area contributed by atoms with Crippen molar-refractivity contribution < 1.29 is 9.90 Å². The molecule has 3 atom stereocenters. The Balaban J connectivity index is 1.80. The van der Waals surface area contributed by atoms with E-state index >= 15 is 0 Å². The first kappa shape index (κ1) is 13.4. The van der Waals surface area contributed by atoms with E-state index in [4.69, 9.17) is 0 Å². The van der Waals surface area contributed by atoms with Gasteiger partial charge in [-0.2, -0.15) is 0 Å². The average Bonchev–Trinajstić information content (AvgIpc) is 2.46. The van der Waals surface area contributed by atoms with Crippen molar-refractivity contribution in [3.63, 3.8) is 0 Å². The molecule has 0 aromatic heterocycles. The highest BCUT2D eigenvalue weighted by Crippen LogP contribution is 2.41. The maximum Gasteiger partial charge on any atom is 0.320 e. The summed E-state index contributed by atoms with van der Waals surface area (Å²) in [6, 6.07) is 0.940. The summed E-state index contributed by atoms with van der Waals surface area (Å²) in [4.78, 5) is 14.1. The molecule has 1 saturated heterocycles. The number of hydrogen-bond acceptors (Lipinski definition) is 2. The lowest BCUT2D eigenvalue weighted by molar-refractivity contribution is -0.151. The van der Waals surface area contributed by atoms with Crippen LogP contribution in [0.2, 0.25) is 0 Å². The zero-order chi connectivity index (χ0) is 13.2. The topological polar surface area (TPSA) is 40.5 Å². The largest absolute Gasteiger partial charge is 0.480 e. The number of likely N-dealkylation sites (tertiary alicyclic amines) is 1. The van der Waals surface area contributed by atoms with Gasteiger partial charge < -0.3 is 5.11 Å². The molecule has 1 heterocycles. The van der Waals surface area contributed by atoms with E-state index in [0.29, 0.717) is 12.1 Å². The van der Waals surface area contributed by atoms with Gasteiger partial charge in [0, 0.05) is 12.1 Å². The lowest BCUT2D eigenvalue weighted by atomic mass is 9.74. The van der Waals surface area contributed by atoms with E-state index in [1.807, 2.05) is 0 Å². The van der Waals surface area contributed by atoms with Crippen LogP contribution in [-0.4, -0.2) is 34.1 Å². The van der Waals surface area contributed by atoms with Gasteiger partial charge in [0.05, 0.1) is 0 Å². The number of carboxylic acids is 1. The number of carbonyl (C=O) groups is 1. The van der Waals surface area contributed by atoms with Crippen molar-refractivity contribution >= 4 is 5.97 Å². The van der Waals surface area contributed by atoms with Crippen LogP contribution in [0, 0.1) is 5.92 Å². The number of aliphatic carboxylic acids is 1. The van der Waals surface area contributed by atoms with Crippen LogP contribution in [0.4, 0.5) is 0 Å². The van der Waals surface area contributed by atoms with Crippen molar-refractivity contribution in [1.82, 2.24) is 4.90 Å². The quantitative estimate of drug-likeness (QED) is 0.831. The van der Waals surface area contributed by atoms with Gasteiger partial charge in [-0.15, -0.1) is 0 Å². The fraction of sp³-hybridized carbons (Fsp3) is 0.938. The van der Waals surface area contributed by atoms with E-state index in [0.717, 1.165) is 18.8 Å². The minimum atomic E-state index is -0.574. The molecule has 19 heavy (non-hydrogen) atoms. The molecule has 2 saturated carbocycles. The van der Waals surface area contributed by atoms with Gasteiger partial charge in [-0.25, -0.2) is 0 Å². The highest BCUT2D eigenvalue weighted by molar-refractivity contribution is 5.73. The normalized spacial score (nSPS) is 37.8. The number of piperidine rings is 1. The second kappa shape index (κ2) is 5.82. The first-order valence-corrected chi connectivity index (χ1v) is 8.27. The predicted octanol–water partition coefficient (Wildman–Crippen LogP) is 3.43. The molecular formula is C16H27NO2. The van der Waals surface area contributed by atoms with E-state index in [1.165, 1.54) is 57.8 Å². The molecule has 3 heteroatoms. The molecule has 1 N–H and O–H groups in total. The first-order chi connectivity index (χ1) is 9.27. The monoisotopic (exact) mass is 265 g/mol. The molecule has 1 aliphatic heterocycles. The average molecular weight is 265 g/mol. The van der Waals surface area contributed by atoms with Gasteiger partial charge in [0.2, 0.25) is 0 Å². The second-order valence-electron chi connectivity index (χ2n) is 6.78. The molecular weight excluding hydrogens is 238 g/mol. The molecule has 3 aliphatic rings. The molecule has 0 bridgehead atoms. The van der Waals surface area contributed by atoms with Gasteiger partial charge in [0.1, 0.15) is 6.04 Å². The third kappa shape index (κ3) is 2.67. The summed E-state index contributed by atoms with van der Waals surface area (Å²) in [6.45, 7) is 0. The standard InChI is InChI=1S/C16H27NO2/c18-16(19)15-11-10-12-6-4-5-9-14(12)17(15)13-7-2-1-3-8-13/h12-15H,1-11H2,(H,18,19). The van der Waals surface area contributed by atoms with Gasteiger partial charge in [-0.05, 0) is 44.4 Å². The smallest absolute Gasteiger partial charge is 0.320 e. The van der Waals surface area contributed by atoms with Crippen molar-refractivity contribution in [1.29, 1.82) is 0 Å². The summed E-state index contributed by atoms with van der Waals surface area (Å²) in [5.41, 5.74) is 0. The molecule has 0 aromatic carbocycles. The number of nitrogens with zero attached hydrogens (tertiary/aromatic N) is 1. The van der Waals surface area contributed by atoms with Gasteiger partial charge in [0.25, 0.3) is 0 Å². The molecule has 108 valence electrons. The van der Waals surface area contributed by atoms with E-state index in [1.54, 1.807) is 0 Å². The molecule has 0 radical (unpaired) electrons. The summed E-state index contributed by atoms with van der Waals surface area (Å²) in [5, 5.41) is 9.59. The number of fused-ring (bicyclic) bond motifs is 1. The minimum absolute atomic E-state index is 0.192. The fourth-order valence-electron chi connectivity index (χ4n) is 4.82. The SMILES string of the molecule is O=C(O)C1CCC2CCCCC2N1C1CCCCC1. The Bertz CT molecular complexity index is 325. The number of carboxylic acid groups (broad SMARTS) is 1. The maximum atomic E-state index is 11.6. The van der Waals surface area contributed by atoms with Crippen LogP contribution in [0.5, 0.6) is 0 Å². The van der Waals surface area contributed by atoms with Crippen molar-refractivity contribution in [2.24, 2.45) is 5.92 Å². The molecule has 3 unspecified atom stereocenters. The zero-order valence-electron chi connectivity index (χ0n) is 11.9. The fourth-order valence-corrected chi connectivity index (χ4v) is 4.82. The minimum Gasteiger partial charge on any atom is -0.480 e. The van der Waals surface area contributed by atoms with Gasteiger partial charge in [-0.1, -0.05) is 32.1 Å². The summed E-state index contributed by atoms with van der Waals surface area (Å²) in [6.07, 6.45) is 13.7. The van der Waals surface area contributed by atoms with Crippen molar-refractivity contribution in [3.05, 3.63) is 0 Å². The van der Waals surface area contributed by atoms with Crippen molar-refractivity contribution in [2.45, 2.75) is 88.8 Å². The third-order valence-electron chi connectivity index (χ3n) is 5.70. The Morgan fingerprint density at radius 2 is 1.53 bits per heavy atom. The Labute approximate surface area is 116 Å². The Morgan fingerprint density at radius 3 is 2.26 bits per heavy atom. The van der Waals surface area contributed by atoms with Crippen LogP contribution in [0.15, 0.2) is 0 Å². The van der Waals surface area contributed by atoms with Gasteiger partial charge >= 0.3 is 5.97 Å². The Hall–Kier alpha value is -0.570. The second-order valence-corrected chi connectivity index (χ2v) is 6.78. The highest BCUT2D eigenvalue weighted by atomic mass is 16.4. The van der Waals surface area contributed by atoms with E-state index in [9.17, 15) is 9.90 Å². The number of rotatable bonds is 2. The highest BCUT2D eigenvalue weighted by Gasteiger charge is 2.44. The first-order valence-electron chi connectivity index (χ1n) is 8.27. The van der Waals surface area contributed by atoms with Crippen molar-refractivity contribution in [3.8, 4) is 0 Å². The Kier molecular flexibility index (Phi) is 4.11. The van der Waals surface area contributed by atoms with Gasteiger partial charge in [-0.3, -0.25) is 9.69 Å². The number of hydrogen-bond donors (Lipinski definition) is 1. The van der Waals surface area contributed by atoms with E-state index < -0.39 is 5.97 Å². The molecule has 0 aromatic rings. The third-order valence-corrected chi connectivity index (χ3v) is 5.70. The summed E-state index contributed by atoms with van der Waals surface area (Å²) >= 11 is 0. The van der Waals surface area contributed by atoms with Crippen LogP contribution in [0.25, 0.3) is 0 Å². The van der Waals surface area contributed by atoms with Crippen LogP contribution in [0.1, 0.15) is 70.6 Å². The summed E-state index contributed by atoms with van der Waals surface area (Å²) in [7, 11) is 0.